The molecule has 0 fully saturated rings. The van der Waals surface area contributed by atoms with Gasteiger partial charge >= 0.3 is 0 Å². The number of fused-ring (bicyclic) bond motifs is 1. The van der Waals surface area contributed by atoms with Gasteiger partial charge in [-0.15, -0.1) is 11.3 Å². The summed E-state index contributed by atoms with van der Waals surface area (Å²) >= 11 is 1.67. The van der Waals surface area contributed by atoms with Gasteiger partial charge in [-0.2, -0.15) is 0 Å². The lowest BCUT2D eigenvalue weighted by molar-refractivity contribution is 0.415. The molecule has 4 nitrogen and oxygen atoms in total. The lowest BCUT2D eigenvalue weighted by atomic mass is 10.1. The molecular formula is C20H25N3OS. The van der Waals surface area contributed by atoms with Gasteiger partial charge in [-0.25, -0.2) is 9.97 Å². The molecule has 5 heteroatoms. The number of hydrogen-bond acceptors (Lipinski definition) is 5. The standard InChI is InChI=1S/C20H25N3OS/c1-4-5-6-7-12-21-19-18-17(13-25-20(18)23-14(2)22-19)15-8-10-16(24-3)11-9-15/h8-11,13H,4-7,12H2,1-3H3,(H,21,22,23). The maximum atomic E-state index is 5.26. The van der Waals surface area contributed by atoms with E-state index in [4.69, 9.17) is 4.74 Å². The lowest BCUT2D eigenvalue weighted by Gasteiger charge is -2.10. The van der Waals surface area contributed by atoms with Gasteiger partial charge in [0.15, 0.2) is 0 Å². The summed E-state index contributed by atoms with van der Waals surface area (Å²) in [5.41, 5.74) is 2.34. The van der Waals surface area contributed by atoms with Gasteiger partial charge in [0, 0.05) is 17.5 Å². The minimum Gasteiger partial charge on any atom is -0.497 e. The summed E-state index contributed by atoms with van der Waals surface area (Å²) in [6, 6.07) is 8.16. The van der Waals surface area contributed by atoms with Crippen LogP contribution in [0, 0.1) is 6.92 Å². The van der Waals surface area contributed by atoms with Gasteiger partial charge in [-0.05, 0) is 31.0 Å². The van der Waals surface area contributed by atoms with Gasteiger partial charge in [0.1, 0.15) is 22.2 Å². The number of hydrogen-bond donors (Lipinski definition) is 1. The Hall–Kier alpha value is -2.14. The number of nitrogens with zero attached hydrogens (tertiary/aromatic N) is 2. The quantitative estimate of drug-likeness (QED) is 0.529. The fraction of sp³-hybridized carbons (Fsp3) is 0.400. The van der Waals surface area contributed by atoms with Crippen LogP contribution in [0.2, 0.25) is 0 Å². The van der Waals surface area contributed by atoms with E-state index in [0.717, 1.165) is 39.7 Å². The van der Waals surface area contributed by atoms with Gasteiger partial charge in [0.2, 0.25) is 0 Å². The predicted molar refractivity (Wildman–Crippen MR) is 107 cm³/mol. The SMILES string of the molecule is CCCCCCNc1nc(C)nc2scc(-c3ccc(OC)cc3)c12. The maximum absolute atomic E-state index is 5.26. The van der Waals surface area contributed by atoms with Crippen molar-refractivity contribution in [3.05, 3.63) is 35.5 Å². The van der Waals surface area contributed by atoms with E-state index in [1.165, 1.54) is 31.2 Å². The molecule has 3 rings (SSSR count). The average Bonchev–Trinajstić information content (AvgIpc) is 3.05. The number of thiophene rings is 1. The van der Waals surface area contributed by atoms with Crippen molar-refractivity contribution in [3.63, 3.8) is 0 Å². The number of aromatic nitrogens is 2. The average molecular weight is 356 g/mol. The van der Waals surface area contributed by atoms with E-state index in [1.807, 2.05) is 19.1 Å². The van der Waals surface area contributed by atoms with Crippen LogP contribution in [-0.4, -0.2) is 23.6 Å². The zero-order valence-electron chi connectivity index (χ0n) is 15.1. The van der Waals surface area contributed by atoms with Crippen LogP contribution < -0.4 is 10.1 Å². The van der Waals surface area contributed by atoms with Gasteiger partial charge in [-0.1, -0.05) is 38.3 Å². The third-order valence-corrected chi connectivity index (χ3v) is 5.14. The maximum Gasteiger partial charge on any atom is 0.139 e. The first-order chi connectivity index (χ1) is 12.2. The molecule has 0 aliphatic rings. The molecule has 1 N–H and O–H groups in total. The zero-order chi connectivity index (χ0) is 17.6. The number of unbranched alkanes of at least 4 members (excludes halogenated alkanes) is 3. The fourth-order valence-corrected chi connectivity index (χ4v) is 3.91. The van der Waals surface area contributed by atoms with Crippen LogP contribution in [-0.2, 0) is 0 Å². The van der Waals surface area contributed by atoms with Crippen molar-refractivity contribution in [2.75, 3.05) is 19.0 Å². The molecule has 0 radical (unpaired) electrons. The smallest absolute Gasteiger partial charge is 0.139 e. The highest BCUT2D eigenvalue weighted by atomic mass is 32.1. The van der Waals surface area contributed by atoms with E-state index in [1.54, 1.807) is 18.4 Å². The predicted octanol–water partition coefficient (Wildman–Crippen LogP) is 5.67. The second-order valence-corrected chi connectivity index (χ2v) is 7.02. The number of anilines is 1. The molecule has 0 bridgehead atoms. The molecule has 0 spiro atoms. The summed E-state index contributed by atoms with van der Waals surface area (Å²) < 4.78 is 5.26. The number of nitrogens with one attached hydrogen (secondary N) is 1. The van der Waals surface area contributed by atoms with Crippen LogP contribution in [0.5, 0.6) is 5.75 Å². The Morgan fingerprint density at radius 1 is 1.08 bits per heavy atom. The third kappa shape index (κ3) is 4.10. The first-order valence-electron chi connectivity index (χ1n) is 8.87. The minimum absolute atomic E-state index is 0.812. The monoisotopic (exact) mass is 355 g/mol. The Labute approximate surface area is 153 Å². The van der Waals surface area contributed by atoms with E-state index >= 15 is 0 Å². The molecule has 3 aromatic rings. The summed E-state index contributed by atoms with van der Waals surface area (Å²) in [5, 5.41) is 6.83. The molecule has 0 saturated heterocycles. The minimum atomic E-state index is 0.812. The molecule has 132 valence electrons. The number of ether oxygens (including phenoxy) is 1. The summed E-state index contributed by atoms with van der Waals surface area (Å²) in [6.45, 7) is 5.13. The Kier molecular flexibility index (Phi) is 5.87. The van der Waals surface area contributed by atoms with Gasteiger partial charge < -0.3 is 10.1 Å². The lowest BCUT2D eigenvalue weighted by Crippen LogP contribution is -2.05. The summed E-state index contributed by atoms with van der Waals surface area (Å²) in [5.74, 6) is 2.63. The van der Waals surface area contributed by atoms with Crippen molar-refractivity contribution in [1.29, 1.82) is 0 Å². The Bertz CT molecular complexity index is 827. The van der Waals surface area contributed by atoms with E-state index in [9.17, 15) is 0 Å². The van der Waals surface area contributed by atoms with Crippen molar-refractivity contribution in [1.82, 2.24) is 9.97 Å². The molecule has 2 aromatic heterocycles. The van der Waals surface area contributed by atoms with E-state index < -0.39 is 0 Å². The highest BCUT2D eigenvalue weighted by Crippen LogP contribution is 2.37. The van der Waals surface area contributed by atoms with Crippen molar-refractivity contribution in [2.24, 2.45) is 0 Å². The highest BCUT2D eigenvalue weighted by molar-refractivity contribution is 7.17. The molecule has 1 aromatic carbocycles. The van der Waals surface area contributed by atoms with Crippen molar-refractivity contribution >= 4 is 27.4 Å². The number of aryl methyl sites for hydroxylation is 1. The molecule has 25 heavy (non-hydrogen) atoms. The van der Waals surface area contributed by atoms with E-state index in [0.29, 0.717) is 0 Å². The summed E-state index contributed by atoms with van der Waals surface area (Å²) in [7, 11) is 1.69. The van der Waals surface area contributed by atoms with E-state index in [2.05, 4.69) is 39.7 Å². The zero-order valence-corrected chi connectivity index (χ0v) is 15.9. The third-order valence-electron chi connectivity index (χ3n) is 4.27. The molecule has 0 atom stereocenters. The number of methoxy groups -OCH3 is 1. The highest BCUT2D eigenvalue weighted by Gasteiger charge is 2.14. The van der Waals surface area contributed by atoms with Gasteiger partial charge in [0.05, 0.1) is 12.5 Å². The summed E-state index contributed by atoms with van der Waals surface area (Å²) in [6.07, 6.45) is 4.96. The molecular weight excluding hydrogens is 330 g/mol. The van der Waals surface area contributed by atoms with Crippen molar-refractivity contribution in [2.45, 2.75) is 39.5 Å². The first kappa shape index (κ1) is 17.7. The normalized spacial score (nSPS) is 11.0. The topological polar surface area (TPSA) is 47.0 Å². The van der Waals surface area contributed by atoms with Crippen molar-refractivity contribution in [3.8, 4) is 16.9 Å². The summed E-state index contributed by atoms with van der Waals surface area (Å²) in [4.78, 5) is 10.3. The number of rotatable bonds is 8. The van der Waals surface area contributed by atoms with Crippen LogP contribution in [0.25, 0.3) is 21.3 Å². The molecule has 2 heterocycles. The van der Waals surface area contributed by atoms with Crippen LogP contribution in [0.1, 0.15) is 38.4 Å². The molecule has 0 aliphatic carbocycles. The Balaban J connectivity index is 1.91. The first-order valence-corrected chi connectivity index (χ1v) is 9.75. The second-order valence-electron chi connectivity index (χ2n) is 6.16. The van der Waals surface area contributed by atoms with Gasteiger partial charge in [0.25, 0.3) is 0 Å². The second kappa shape index (κ2) is 8.30. The molecule has 0 aliphatic heterocycles. The Morgan fingerprint density at radius 3 is 2.60 bits per heavy atom. The fourth-order valence-electron chi connectivity index (χ4n) is 2.92. The van der Waals surface area contributed by atoms with Gasteiger partial charge in [-0.3, -0.25) is 0 Å². The van der Waals surface area contributed by atoms with Crippen molar-refractivity contribution < 1.29 is 4.74 Å². The van der Waals surface area contributed by atoms with E-state index in [-0.39, 0.29) is 0 Å². The van der Waals surface area contributed by atoms with Crippen LogP contribution in [0.15, 0.2) is 29.6 Å². The van der Waals surface area contributed by atoms with Crippen LogP contribution in [0.4, 0.5) is 5.82 Å². The Morgan fingerprint density at radius 2 is 1.88 bits per heavy atom. The van der Waals surface area contributed by atoms with Crippen LogP contribution in [0.3, 0.4) is 0 Å². The number of benzene rings is 1. The largest absolute Gasteiger partial charge is 0.497 e. The molecule has 0 saturated carbocycles. The molecule has 0 unspecified atom stereocenters. The van der Waals surface area contributed by atoms with Crippen LogP contribution >= 0.6 is 11.3 Å². The molecule has 0 amide bonds.